The molecule has 0 aliphatic carbocycles. The Labute approximate surface area is 129 Å². The summed E-state index contributed by atoms with van der Waals surface area (Å²) < 4.78 is 21.3. The first kappa shape index (κ1) is 16.3. The van der Waals surface area contributed by atoms with E-state index in [2.05, 4.69) is 10.3 Å². The lowest BCUT2D eigenvalue weighted by Gasteiger charge is -2.21. The van der Waals surface area contributed by atoms with E-state index in [1.54, 1.807) is 26.4 Å². The molecule has 1 unspecified atom stereocenters. The lowest BCUT2D eigenvalue weighted by Crippen LogP contribution is -2.24. The van der Waals surface area contributed by atoms with E-state index in [-0.39, 0.29) is 0 Å². The Kier molecular flexibility index (Phi) is 6.17. The van der Waals surface area contributed by atoms with Crippen LogP contribution in [0.2, 0.25) is 0 Å². The van der Waals surface area contributed by atoms with Crippen LogP contribution in [-0.2, 0) is 14.3 Å². The van der Waals surface area contributed by atoms with Gasteiger partial charge >= 0.3 is 0 Å². The quantitative estimate of drug-likeness (QED) is 0.546. The first-order chi connectivity index (χ1) is 10.8. The molecule has 1 aromatic carbocycles. The average Bonchev–Trinajstić information content (AvgIpc) is 2.55. The first-order valence-electron chi connectivity index (χ1n) is 6.95. The van der Waals surface area contributed by atoms with Crippen molar-refractivity contribution in [2.24, 2.45) is 4.99 Å². The molecule has 1 N–H and O–H groups in total. The minimum absolute atomic E-state index is 0.387. The number of benzene rings is 1. The Morgan fingerprint density at radius 2 is 1.73 bits per heavy atom. The maximum absolute atomic E-state index is 11.2. The molecule has 1 atom stereocenters. The molecule has 1 aliphatic heterocycles. The Morgan fingerprint density at radius 1 is 1.09 bits per heavy atom. The summed E-state index contributed by atoms with van der Waals surface area (Å²) >= 11 is 0. The lowest BCUT2D eigenvalue weighted by molar-refractivity contribution is -0.109. The lowest BCUT2D eigenvalue weighted by atomic mass is 10.0. The van der Waals surface area contributed by atoms with Gasteiger partial charge in [-0.05, 0) is 6.07 Å². The summed E-state index contributed by atoms with van der Waals surface area (Å²) in [4.78, 5) is 15.4. The van der Waals surface area contributed by atoms with E-state index in [1.807, 2.05) is 0 Å². The van der Waals surface area contributed by atoms with E-state index >= 15 is 0 Å². The molecule has 0 fully saturated rings. The van der Waals surface area contributed by atoms with Crippen LogP contribution in [0.15, 0.2) is 17.1 Å². The number of nitrogens with one attached hydrogen (secondary N) is 1. The second kappa shape index (κ2) is 8.35. The highest BCUT2D eigenvalue weighted by Gasteiger charge is 2.21. The minimum Gasteiger partial charge on any atom is -0.487 e. The van der Waals surface area contributed by atoms with Crippen LogP contribution in [0.1, 0.15) is 11.6 Å². The van der Waals surface area contributed by atoms with Gasteiger partial charge in [0, 0.05) is 25.8 Å². The Morgan fingerprint density at radius 3 is 2.32 bits per heavy atom. The van der Waals surface area contributed by atoms with Crippen LogP contribution in [0.25, 0.3) is 0 Å². The fourth-order valence-corrected chi connectivity index (χ4v) is 2.01. The number of carbonyl (C=O) groups excluding carboxylic acids is 1. The van der Waals surface area contributed by atoms with E-state index < -0.39 is 6.04 Å². The van der Waals surface area contributed by atoms with Gasteiger partial charge in [-0.2, -0.15) is 0 Å². The van der Waals surface area contributed by atoms with Crippen LogP contribution < -0.4 is 14.8 Å². The maximum atomic E-state index is 11.2. The van der Waals surface area contributed by atoms with E-state index in [0.29, 0.717) is 43.6 Å². The van der Waals surface area contributed by atoms with Gasteiger partial charge in [-0.25, -0.2) is 4.99 Å². The third kappa shape index (κ3) is 3.96. The normalized spacial score (nSPS) is 15.8. The van der Waals surface area contributed by atoms with E-state index in [1.165, 1.54) is 6.34 Å². The van der Waals surface area contributed by atoms with Crippen molar-refractivity contribution in [2.45, 2.75) is 6.04 Å². The van der Waals surface area contributed by atoms with Gasteiger partial charge in [0.25, 0.3) is 0 Å². The van der Waals surface area contributed by atoms with Crippen molar-refractivity contribution in [3.05, 3.63) is 17.7 Å². The van der Waals surface area contributed by atoms with Crippen molar-refractivity contribution in [3.63, 3.8) is 0 Å². The zero-order chi connectivity index (χ0) is 15.8. The topological polar surface area (TPSA) is 78.4 Å². The number of methoxy groups -OCH3 is 2. The minimum atomic E-state index is -0.440. The summed E-state index contributed by atoms with van der Waals surface area (Å²) in [7, 11) is 3.21. The molecule has 0 saturated heterocycles. The summed E-state index contributed by atoms with van der Waals surface area (Å²) in [5.74, 6) is 1.12. The van der Waals surface area contributed by atoms with Crippen LogP contribution in [0, 0.1) is 0 Å². The van der Waals surface area contributed by atoms with Crippen LogP contribution in [0.4, 0.5) is 5.69 Å². The largest absolute Gasteiger partial charge is 0.487 e. The van der Waals surface area contributed by atoms with Crippen molar-refractivity contribution in [3.8, 4) is 11.5 Å². The Hall–Kier alpha value is -2.12. The molecule has 0 aromatic heterocycles. The maximum Gasteiger partial charge on any atom is 0.163 e. The predicted molar refractivity (Wildman–Crippen MR) is 81.3 cm³/mol. The number of rotatable bonds is 9. The number of hydrogen-bond donors (Lipinski definition) is 1. The smallest absolute Gasteiger partial charge is 0.163 e. The van der Waals surface area contributed by atoms with Gasteiger partial charge in [-0.3, -0.25) is 0 Å². The van der Waals surface area contributed by atoms with Crippen LogP contribution in [0.3, 0.4) is 0 Å². The van der Waals surface area contributed by atoms with Crippen molar-refractivity contribution in [1.82, 2.24) is 5.32 Å². The second-order valence-electron chi connectivity index (χ2n) is 4.58. The van der Waals surface area contributed by atoms with Crippen molar-refractivity contribution >= 4 is 18.3 Å². The fourth-order valence-electron chi connectivity index (χ4n) is 2.01. The molecule has 0 spiro atoms. The SMILES string of the molecule is COCCOc1cc2c(cc1OCCOC)C(C=O)NC=N2. The van der Waals surface area contributed by atoms with Crippen LogP contribution in [0.5, 0.6) is 11.5 Å². The molecule has 22 heavy (non-hydrogen) atoms. The first-order valence-corrected chi connectivity index (χ1v) is 6.95. The fraction of sp³-hybridized carbons (Fsp3) is 0.467. The summed E-state index contributed by atoms with van der Waals surface area (Å²) in [5, 5.41) is 2.89. The number of aldehydes is 1. The second-order valence-corrected chi connectivity index (χ2v) is 4.58. The molecule has 0 bridgehead atoms. The van der Waals surface area contributed by atoms with Gasteiger partial charge in [0.05, 0.1) is 25.2 Å². The van der Waals surface area contributed by atoms with Crippen molar-refractivity contribution in [2.75, 3.05) is 40.6 Å². The molecule has 120 valence electrons. The average molecular weight is 308 g/mol. The van der Waals surface area contributed by atoms with Gasteiger partial charge in [0.2, 0.25) is 0 Å². The molecule has 7 nitrogen and oxygen atoms in total. The van der Waals surface area contributed by atoms with E-state index in [9.17, 15) is 4.79 Å². The van der Waals surface area contributed by atoms with Crippen molar-refractivity contribution in [1.29, 1.82) is 0 Å². The number of aliphatic imine (C=N–C) groups is 1. The molecule has 2 rings (SSSR count). The van der Waals surface area contributed by atoms with Gasteiger partial charge in [-0.15, -0.1) is 0 Å². The van der Waals surface area contributed by atoms with Crippen LogP contribution in [-0.4, -0.2) is 53.3 Å². The third-order valence-corrected chi connectivity index (χ3v) is 3.11. The molecule has 1 aromatic rings. The molecular weight excluding hydrogens is 288 g/mol. The van der Waals surface area contributed by atoms with Gasteiger partial charge in [0.1, 0.15) is 25.5 Å². The number of carbonyl (C=O) groups is 1. The summed E-state index contributed by atoms with van der Waals surface area (Å²) in [6.07, 6.45) is 2.33. The zero-order valence-corrected chi connectivity index (χ0v) is 12.7. The van der Waals surface area contributed by atoms with Crippen LogP contribution >= 0.6 is 0 Å². The summed E-state index contributed by atoms with van der Waals surface area (Å²) in [6, 6.07) is 3.10. The number of ether oxygens (including phenoxy) is 4. The molecule has 7 heteroatoms. The summed E-state index contributed by atoms with van der Waals surface area (Å²) in [5.41, 5.74) is 1.44. The zero-order valence-electron chi connectivity index (χ0n) is 12.7. The Bertz CT molecular complexity index is 533. The summed E-state index contributed by atoms with van der Waals surface area (Å²) in [6.45, 7) is 1.71. The predicted octanol–water partition coefficient (Wildman–Crippen LogP) is 1.24. The highest BCUT2D eigenvalue weighted by molar-refractivity contribution is 5.79. The van der Waals surface area contributed by atoms with E-state index in [4.69, 9.17) is 18.9 Å². The number of nitrogens with zero attached hydrogens (tertiary/aromatic N) is 1. The molecular formula is C15H20N2O5. The van der Waals surface area contributed by atoms with Gasteiger partial charge < -0.3 is 29.1 Å². The standard InChI is InChI=1S/C15H20N2O5/c1-19-3-5-21-14-7-11-12(16-10-17-13(11)9-18)8-15(14)22-6-4-20-2/h7-10,13H,3-6H2,1-2H3,(H,16,17). The highest BCUT2D eigenvalue weighted by atomic mass is 16.5. The number of hydrogen-bond acceptors (Lipinski definition) is 7. The monoisotopic (exact) mass is 308 g/mol. The number of fused-ring (bicyclic) bond motifs is 1. The Balaban J connectivity index is 2.25. The molecule has 1 heterocycles. The molecule has 0 saturated carbocycles. The molecule has 1 aliphatic rings. The molecule has 0 radical (unpaired) electrons. The third-order valence-electron chi connectivity index (χ3n) is 3.11. The molecule has 0 amide bonds. The van der Waals surface area contributed by atoms with Crippen molar-refractivity contribution < 1.29 is 23.7 Å². The van der Waals surface area contributed by atoms with Gasteiger partial charge in [-0.1, -0.05) is 0 Å². The van der Waals surface area contributed by atoms with Gasteiger partial charge in [0.15, 0.2) is 11.5 Å². The highest BCUT2D eigenvalue weighted by Crippen LogP contribution is 2.38. The van der Waals surface area contributed by atoms with E-state index in [0.717, 1.165) is 11.8 Å².